The molecule has 0 aromatic carbocycles. The zero-order valence-electron chi connectivity index (χ0n) is 10.1. The predicted molar refractivity (Wildman–Crippen MR) is 69.8 cm³/mol. The maximum absolute atomic E-state index is 6.23. The summed E-state index contributed by atoms with van der Waals surface area (Å²) >= 11 is 6.23. The SMILES string of the molecule is CC(C)c1cnn2c(Cl)cc(-c3ccoc3)nc12. The monoisotopic (exact) mass is 261 g/mol. The molecule has 0 aliphatic carbocycles. The van der Waals surface area contributed by atoms with Gasteiger partial charge in [-0.1, -0.05) is 25.4 Å². The zero-order chi connectivity index (χ0) is 12.7. The molecule has 3 rings (SSSR count). The highest BCUT2D eigenvalue weighted by Gasteiger charge is 2.13. The molecule has 18 heavy (non-hydrogen) atoms. The molecule has 3 aromatic heterocycles. The molecule has 0 aliphatic rings. The van der Waals surface area contributed by atoms with E-state index in [0.29, 0.717) is 11.1 Å². The Hall–Kier alpha value is -1.81. The van der Waals surface area contributed by atoms with E-state index in [4.69, 9.17) is 16.0 Å². The minimum atomic E-state index is 0.352. The van der Waals surface area contributed by atoms with Crippen LogP contribution in [-0.2, 0) is 0 Å². The molecule has 0 aliphatic heterocycles. The normalized spacial score (nSPS) is 11.6. The topological polar surface area (TPSA) is 43.3 Å². The highest BCUT2D eigenvalue weighted by Crippen LogP contribution is 2.26. The van der Waals surface area contributed by atoms with Crippen LogP contribution in [0.5, 0.6) is 0 Å². The smallest absolute Gasteiger partial charge is 0.160 e. The number of fused-ring (bicyclic) bond motifs is 1. The van der Waals surface area contributed by atoms with Crippen LogP contribution in [0, 0.1) is 0 Å². The van der Waals surface area contributed by atoms with Gasteiger partial charge in [0.05, 0.1) is 24.4 Å². The Balaban J connectivity index is 2.27. The van der Waals surface area contributed by atoms with Crippen LogP contribution < -0.4 is 0 Å². The largest absolute Gasteiger partial charge is 0.472 e. The summed E-state index contributed by atoms with van der Waals surface area (Å²) in [5, 5.41) is 4.81. The molecule has 0 saturated carbocycles. The van der Waals surface area contributed by atoms with Crippen LogP contribution in [0.25, 0.3) is 16.9 Å². The van der Waals surface area contributed by atoms with Crippen LogP contribution in [0.1, 0.15) is 25.3 Å². The Morgan fingerprint density at radius 3 is 2.89 bits per heavy atom. The molecule has 3 aromatic rings. The summed E-state index contributed by atoms with van der Waals surface area (Å²) in [5.74, 6) is 0.352. The zero-order valence-corrected chi connectivity index (χ0v) is 10.8. The van der Waals surface area contributed by atoms with Crippen molar-refractivity contribution in [3.8, 4) is 11.3 Å². The molecule has 0 amide bonds. The van der Waals surface area contributed by atoms with E-state index in [1.807, 2.05) is 12.3 Å². The second kappa shape index (κ2) is 4.14. The van der Waals surface area contributed by atoms with E-state index >= 15 is 0 Å². The number of aromatic nitrogens is 3. The Morgan fingerprint density at radius 2 is 2.22 bits per heavy atom. The summed E-state index contributed by atoms with van der Waals surface area (Å²) in [6.07, 6.45) is 5.09. The third-order valence-corrected chi connectivity index (χ3v) is 3.16. The van der Waals surface area contributed by atoms with E-state index in [1.165, 1.54) is 0 Å². The second-order valence-electron chi connectivity index (χ2n) is 4.47. The first kappa shape index (κ1) is 11.3. The highest BCUT2D eigenvalue weighted by atomic mass is 35.5. The Bertz CT molecular complexity index is 686. The van der Waals surface area contributed by atoms with Crippen molar-refractivity contribution in [1.29, 1.82) is 0 Å². The van der Waals surface area contributed by atoms with Gasteiger partial charge in [0.15, 0.2) is 5.65 Å². The number of nitrogens with zero attached hydrogens (tertiary/aromatic N) is 3. The van der Waals surface area contributed by atoms with Gasteiger partial charge in [0, 0.05) is 17.2 Å². The highest BCUT2D eigenvalue weighted by molar-refractivity contribution is 6.30. The number of hydrogen-bond acceptors (Lipinski definition) is 3. The molecule has 4 nitrogen and oxygen atoms in total. The number of halogens is 1. The van der Waals surface area contributed by atoms with E-state index < -0.39 is 0 Å². The maximum Gasteiger partial charge on any atom is 0.160 e. The van der Waals surface area contributed by atoms with Crippen LogP contribution in [0.15, 0.2) is 35.3 Å². The van der Waals surface area contributed by atoms with Crippen molar-refractivity contribution in [3.05, 3.63) is 41.6 Å². The van der Waals surface area contributed by atoms with Crippen LogP contribution in [-0.4, -0.2) is 14.6 Å². The number of rotatable bonds is 2. The molecule has 0 fully saturated rings. The average molecular weight is 262 g/mol. The summed E-state index contributed by atoms with van der Waals surface area (Å²) in [6, 6.07) is 3.65. The Labute approximate surface area is 109 Å². The summed E-state index contributed by atoms with van der Waals surface area (Å²) in [6.45, 7) is 4.22. The van der Waals surface area contributed by atoms with Crippen LogP contribution in [0.2, 0.25) is 5.15 Å². The van der Waals surface area contributed by atoms with Gasteiger partial charge in [-0.2, -0.15) is 5.10 Å². The van der Waals surface area contributed by atoms with Gasteiger partial charge in [-0.05, 0) is 12.0 Å². The number of furan rings is 1. The van der Waals surface area contributed by atoms with Crippen molar-refractivity contribution in [2.45, 2.75) is 19.8 Å². The van der Waals surface area contributed by atoms with Gasteiger partial charge in [0.25, 0.3) is 0 Å². The lowest BCUT2D eigenvalue weighted by atomic mass is 10.1. The number of hydrogen-bond donors (Lipinski definition) is 0. The minimum Gasteiger partial charge on any atom is -0.472 e. The molecule has 0 spiro atoms. The quantitative estimate of drug-likeness (QED) is 0.660. The fourth-order valence-electron chi connectivity index (χ4n) is 1.91. The van der Waals surface area contributed by atoms with Gasteiger partial charge >= 0.3 is 0 Å². The van der Waals surface area contributed by atoms with Crippen molar-refractivity contribution in [1.82, 2.24) is 14.6 Å². The van der Waals surface area contributed by atoms with Crippen molar-refractivity contribution in [2.24, 2.45) is 0 Å². The fourth-order valence-corrected chi connectivity index (χ4v) is 2.14. The lowest BCUT2D eigenvalue weighted by Gasteiger charge is -2.04. The van der Waals surface area contributed by atoms with Gasteiger partial charge in [-0.3, -0.25) is 0 Å². The molecule has 0 saturated heterocycles. The molecule has 0 radical (unpaired) electrons. The molecule has 0 N–H and O–H groups in total. The van der Waals surface area contributed by atoms with Gasteiger partial charge in [-0.25, -0.2) is 9.50 Å². The molecular formula is C13H12ClN3O. The lowest BCUT2D eigenvalue weighted by Crippen LogP contribution is -1.96. The van der Waals surface area contributed by atoms with E-state index in [0.717, 1.165) is 22.5 Å². The lowest BCUT2D eigenvalue weighted by molar-refractivity contribution is 0.568. The first-order chi connectivity index (χ1) is 8.66. The fraction of sp³-hybridized carbons (Fsp3) is 0.231. The summed E-state index contributed by atoms with van der Waals surface area (Å²) in [4.78, 5) is 4.62. The third kappa shape index (κ3) is 1.69. The van der Waals surface area contributed by atoms with Gasteiger partial charge < -0.3 is 4.42 Å². The first-order valence-corrected chi connectivity index (χ1v) is 6.11. The van der Waals surface area contributed by atoms with Crippen molar-refractivity contribution >= 4 is 17.2 Å². The van der Waals surface area contributed by atoms with Crippen LogP contribution in [0.3, 0.4) is 0 Å². The van der Waals surface area contributed by atoms with Gasteiger partial charge in [0.2, 0.25) is 0 Å². The summed E-state index contributed by atoms with van der Waals surface area (Å²) in [5.41, 5.74) is 3.59. The van der Waals surface area contributed by atoms with Crippen molar-refractivity contribution in [3.63, 3.8) is 0 Å². The summed E-state index contributed by atoms with van der Waals surface area (Å²) in [7, 11) is 0. The third-order valence-electron chi connectivity index (χ3n) is 2.89. The molecule has 5 heteroatoms. The molecule has 92 valence electrons. The first-order valence-electron chi connectivity index (χ1n) is 5.73. The average Bonchev–Trinajstić information content (AvgIpc) is 2.97. The molecule has 3 heterocycles. The Kier molecular flexibility index (Phi) is 2.59. The predicted octanol–water partition coefficient (Wildman–Crippen LogP) is 3.77. The van der Waals surface area contributed by atoms with E-state index in [2.05, 4.69) is 23.9 Å². The van der Waals surface area contributed by atoms with Gasteiger partial charge in [0.1, 0.15) is 5.15 Å². The standard InChI is InChI=1S/C13H12ClN3O/c1-8(2)10-6-15-17-12(14)5-11(16-13(10)17)9-3-4-18-7-9/h3-8H,1-2H3. The van der Waals surface area contributed by atoms with Crippen LogP contribution >= 0.6 is 11.6 Å². The molecule has 0 unspecified atom stereocenters. The molecule has 0 atom stereocenters. The summed E-state index contributed by atoms with van der Waals surface area (Å²) < 4.78 is 6.73. The van der Waals surface area contributed by atoms with Crippen molar-refractivity contribution in [2.75, 3.05) is 0 Å². The van der Waals surface area contributed by atoms with Crippen LogP contribution in [0.4, 0.5) is 0 Å². The second-order valence-corrected chi connectivity index (χ2v) is 4.85. The van der Waals surface area contributed by atoms with E-state index in [-0.39, 0.29) is 0 Å². The van der Waals surface area contributed by atoms with Crippen molar-refractivity contribution < 1.29 is 4.42 Å². The van der Waals surface area contributed by atoms with E-state index in [1.54, 1.807) is 23.1 Å². The van der Waals surface area contributed by atoms with Gasteiger partial charge in [-0.15, -0.1) is 0 Å². The van der Waals surface area contributed by atoms with E-state index in [9.17, 15) is 0 Å². The maximum atomic E-state index is 6.23. The minimum absolute atomic E-state index is 0.352. The molecule has 0 bridgehead atoms. The molecular weight excluding hydrogens is 250 g/mol. The Morgan fingerprint density at radius 1 is 1.39 bits per heavy atom.